The third kappa shape index (κ3) is 3.99. The molecule has 0 radical (unpaired) electrons. The van der Waals surface area contributed by atoms with E-state index in [1.165, 1.54) is 0 Å². The Balaban J connectivity index is 1.83. The third-order valence-electron chi connectivity index (χ3n) is 2.71. The minimum Gasteiger partial charge on any atom is -0.492 e. The summed E-state index contributed by atoms with van der Waals surface area (Å²) in [7, 11) is 0. The lowest BCUT2D eigenvalue weighted by Crippen LogP contribution is -2.25. The first-order valence-corrected chi connectivity index (χ1v) is 6.97. The number of hydrogen-bond acceptors (Lipinski definition) is 5. The Hall–Kier alpha value is -2.02. The zero-order chi connectivity index (χ0) is 14.4. The molecule has 1 atom stereocenters. The highest BCUT2D eigenvalue weighted by molar-refractivity contribution is 8.15. The molecule has 106 valence electrons. The Kier molecular flexibility index (Phi) is 5.00. The van der Waals surface area contributed by atoms with Crippen LogP contribution in [0.25, 0.3) is 0 Å². The van der Waals surface area contributed by atoms with Gasteiger partial charge >= 0.3 is 0 Å². The summed E-state index contributed by atoms with van der Waals surface area (Å²) in [5.41, 5.74) is 0.964. The number of ether oxygens (including phenoxy) is 1. The molecule has 0 aromatic heterocycles. The molecular formula is C13H14N2O4S. The predicted octanol–water partition coefficient (Wildman–Crippen LogP) is 0.705. The SMILES string of the molecule is O=CNCCOc1ccc(CC2SC(=O)NC2=O)cc1. The topological polar surface area (TPSA) is 84.5 Å². The number of rotatable bonds is 7. The van der Waals surface area contributed by atoms with E-state index < -0.39 is 0 Å². The van der Waals surface area contributed by atoms with Crippen LogP contribution < -0.4 is 15.4 Å². The lowest BCUT2D eigenvalue weighted by molar-refractivity contribution is -0.119. The van der Waals surface area contributed by atoms with E-state index in [2.05, 4.69) is 10.6 Å². The second kappa shape index (κ2) is 6.95. The number of nitrogens with one attached hydrogen (secondary N) is 2. The van der Waals surface area contributed by atoms with Crippen LogP contribution in [0, 0.1) is 0 Å². The van der Waals surface area contributed by atoms with Gasteiger partial charge in [-0.2, -0.15) is 0 Å². The zero-order valence-corrected chi connectivity index (χ0v) is 11.4. The molecule has 6 nitrogen and oxygen atoms in total. The lowest BCUT2D eigenvalue weighted by atomic mass is 10.1. The average Bonchev–Trinajstić information content (AvgIpc) is 2.75. The van der Waals surface area contributed by atoms with E-state index in [0.717, 1.165) is 17.3 Å². The Bertz CT molecular complexity index is 504. The van der Waals surface area contributed by atoms with E-state index in [4.69, 9.17) is 4.74 Å². The summed E-state index contributed by atoms with van der Waals surface area (Å²) in [6.07, 6.45) is 1.13. The number of thioether (sulfide) groups is 1. The summed E-state index contributed by atoms with van der Waals surface area (Å²) in [5.74, 6) is 0.460. The predicted molar refractivity (Wildman–Crippen MR) is 74.6 cm³/mol. The van der Waals surface area contributed by atoms with Crippen LogP contribution in [0.1, 0.15) is 5.56 Å². The van der Waals surface area contributed by atoms with Crippen molar-refractivity contribution in [1.29, 1.82) is 0 Å². The molecule has 3 amide bonds. The molecule has 1 heterocycles. The van der Waals surface area contributed by atoms with Gasteiger partial charge in [0.25, 0.3) is 5.24 Å². The van der Waals surface area contributed by atoms with E-state index in [0.29, 0.717) is 31.7 Å². The van der Waals surface area contributed by atoms with E-state index in [1.807, 2.05) is 12.1 Å². The lowest BCUT2D eigenvalue weighted by Gasteiger charge is -2.08. The van der Waals surface area contributed by atoms with Gasteiger partial charge < -0.3 is 10.1 Å². The molecule has 1 unspecified atom stereocenters. The van der Waals surface area contributed by atoms with Gasteiger partial charge in [-0.25, -0.2) is 0 Å². The van der Waals surface area contributed by atoms with Crippen LogP contribution in [0.3, 0.4) is 0 Å². The van der Waals surface area contributed by atoms with Gasteiger partial charge in [-0.3, -0.25) is 19.7 Å². The maximum absolute atomic E-state index is 11.4. The van der Waals surface area contributed by atoms with Crippen molar-refractivity contribution in [3.8, 4) is 5.75 Å². The molecule has 0 spiro atoms. The second-order valence-electron chi connectivity index (χ2n) is 4.15. The first-order chi connectivity index (χ1) is 9.69. The van der Waals surface area contributed by atoms with Crippen molar-refractivity contribution in [2.24, 2.45) is 0 Å². The number of hydrogen-bond donors (Lipinski definition) is 2. The standard InChI is InChI=1S/C13H14N2O4S/c16-8-14-5-6-19-10-3-1-9(2-4-10)7-11-12(17)15-13(18)20-11/h1-4,8,11H,5-7H2,(H,14,16)(H,15,17,18). The Labute approximate surface area is 120 Å². The maximum atomic E-state index is 11.4. The van der Waals surface area contributed by atoms with Gasteiger partial charge in [0, 0.05) is 0 Å². The highest BCUT2D eigenvalue weighted by Gasteiger charge is 2.31. The summed E-state index contributed by atoms with van der Waals surface area (Å²) in [6, 6.07) is 7.32. The Morgan fingerprint density at radius 3 is 2.65 bits per heavy atom. The number of benzene rings is 1. The molecule has 20 heavy (non-hydrogen) atoms. The second-order valence-corrected chi connectivity index (χ2v) is 5.33. The van der Waals surface area contributed by atoms with E-state index in [-0.39, 0.29) is 16.4 Å². The van der Waals surface area contributed by atoms with Gasteiger partial charge in [-0.15, -0.1) is 0 Å². The van der Waals surface area contributed by atoms with Crippen molar-refractivity contribution < 1.29 is 19.1 Å². The maximum Gasteiger partial charge on any atom is 0.286 e. The van der Waals surface area contributed by atoms with Crippen LogP contribution in [0.5, 0.6) is 5.75 Å². The number of imide groups is 1. The minimum atomic E-state index is -0.356. The minimum absolute atomic E-state index is 0.236. The molecule has 7 heteroatoms. The molecule has 1 aromatic rings. The summed E-state index contributed by atoms with van der Waals surface area (Å²) in [5, 5.41) is 4.12. The van der Waals surface area contributed by atoms with Crippen LogP contribution in [0.2, 0.25) is 0 Å². The summed E-state index contributed by atoms with van der Waals surface area (Å²) in [6.45, 7) is 0.847. The van der Waals surface area contributed by atoms with E-state index in [9.17, 15) is 14.4 Å². The zero-order valence-electron chi connectivity index (χ0n) is 10.6. The average molecular weight is 294 g/mol. The molecule has 0 bridgehead atoms. The summed E-state index contributed by atoms with van der Waals surface area (Å²) in [4.78, 5) is 32.6. The van der Waals surface area contributed by atoms with Gasteiger partial charge in [0.2, 0.25) is 12.3 Å². The fourth-order valence-electron chi connectivity index (χ4n) is 1.75. The Morgan fingerprint density at radius 2 is 2.05 bits per heavy atom. The molecule has 1 saturated heterocycles. The molecular weight excluding hydrogens is 280 g/mol. The summed E-state index contributed by atoms with van der Waals surface area (Å²) < 4.78 is 5.41. The number of carbonyl (C=O) groups excluding carboxylic acids is 3. The van der Waals surface area contributed by atoms with E-state index >= 15 is 0 Å². The van der Waals surface area contributed by atoms with Crippen molar-refractivity contribution >= 4 is 29.3 Å². The first kappa shape index (κ1) is 14.4. The van der Waals surface area contributed by atoms with Crippen molar-refractivity contribution in [3.63, 3.8) is 0 Å². The Morgan fingerprint density at radius 1 is 1.30 bits per heavy atom. The van der Waals surface area contributed by atoms with E-state index in [1.54, 1.807) is 12.1 Å². The van der Waals surface area contributed by atoms with Crippen molar-refractivity contribution in [2.75, 3.05) is 13.2 Å². The monoisotopic (exact) mass is 294 g/mol. The largest absolute Gasteiger partial charge is 0.492 e. The third-order valence-corrected chi connectivity index (χ3v) is 3.69. The van der Waals surface area contributed by atoms with Gasteiger partial charge in [0.15, 0.2) is 0 Å². The molecule has 1 aliphatic rings. The van der Waals surface area contributed by atoms with Crippen LogP contribution in [-0.4, -0.2) is 36.0 Å². The van der Waals surface area contributed by atoms with Crippen molar-refractivity contribution in [1.82, 2.24) is 10.6 Å². The van der Waals surface area contributed by atoms with Gasteiger partial charge in [0.1, 0.15) is 12.4 Å². The number of amides is 3. The van der Waals surface area contributed by atoms with Gasteiger partial charge in [-0.05, 0) is 24.1 Å². The first-order valence-electron chi connectivity index (χ1n) is 6.09. The molecule has 2 N–H and O–H groups in total. The molecule has 0 aliphatic carbocycles. The molecule has 0 saturated carbocycles. The highest BCUT2D eigenvalue weighted by atomic mass is 32.2. The molecule has 2 rings (SSSR count). The van der Waals surface area contributed by atoms with Gasteiger partial charge in [0.05, 0.1) is 11.8 Å². The van der Waals surface area contributed by atoms with Crippen molar-refractivity contribution in [2.45, 2.75) is 11.7 Å². The van der Waals surface area contributed by atoms with Crippen LogP contribution in [-0.2, 0) is 16.0 Å². The molecule has 1 aromatic carbocycles. The van der Waals surface area contributed by atoms with Crippen LogP contribution in [0.15, 0.2) is 24.3 Å². The number of carbonyl (C=O) groups is 3. The summed E-state index contributed by atoms with van der Waals surface area (Å²) >= 11 is 1.02. The van der Waals surface area contributed by atoms with Crippen molar-refractivity contribution in [3.05, 3.63) is 29.8 Å². The molecule has 1 fully saturated rings. The normalized spacial score (nSPS) is 17.7. The van der Waals surface area contributed by atoms with Crippen LogP contribution >= 0.6 is 11.8 Å². The fraction of sp³-hybridized carbons (Fsp3) is 0.308. The smallest absolute Gasteiger partial charge is 0.286 e. The molecule has 1 aliphatic heterocycles. The van der Waals surface area contributed by atoms with Crippen LogP contribution in [0.4, 0.5) is 4.79 Å². The fourth-order valence-corrected chi connectivity index (χ4v) is 2.61. The van der Waals surface area contributed by atoms with Gasteiger partial charge in [-0.1, -0.05) is 23.9 Å². The highest BCUT2D eigenvalue weighted by Crippen LogP contribution is 2.23. The quantitative estimate of drug-likeness (QED) is 0.571.